The van der Waals surface area contributed by atoms with Crippen LogP contribution in [0.15, 0.2) is 23.3 Å². The lowest BCUT2D eigenvalue weighted by molar-refractivity contribution is -0.129. The summed E-state index contributed by atoms with van der Waals surface area (Å²) in [4.78, 5) is 12.3. The van der Waals surface area contributed by atoms with Gasteiger partial charge in [-0.25, -0.2) is 0 Å². The average molecular weight is 272 g/mol. The van der Waals surface area contributed by atoms with E-state index in [1.807, 2.05) is 0 Å². The summed E-state index contributed by atoms with van der Waals surface area (Å²) in [5.41, 5.74) is 2.91. The van der Waals surface area contributed by atoms with Crippen molar-refractivity contribution in [3.05, 3.63) is 23.3 Å². The highest BCUT2D eigenvalue weighted by atomic mass is 16.3. The van der Waals surface area contributed by atoms with Gasteiger partial charge in [-0.05, 0) is 67.4 Å². The maximum atomic E-state index is 12.3. The van der Waals surface area contributed by atoms with Crippen LogP contribution in [0.25, 0.3) is 0 Å². The molecule has 0 amide bonds. The quantitative estimate of drug-likeness (QED) is 0.733. The van der Waals surface area contributed by atoms with Crippen molar-refractivity contribution in [1.82, 2.24) is 0 Å². The third-order valence-corrected chi connectivity index (χ3v) is 6.64. The molecule has 1 N–H and O–H groups in total. The van der Waals surface area contributed by atoms with Crippen molar-refractivity contribution in [2.75, 3.05) is 0 Å². The number of hydrogen-bond acceptors (Lipinski definition) is 2. The molecular weight excluding hydrogens is 248 g/mol. The fourth-order valence-electron chi connectivity index (χ4n) is 5.56. The van der Waals surface area contributed by atoms with E-state index in [4.69, 9.17) is 0 Å². The van der Waals surface area contributed by atoms with Crippen molar-refractivity contribution in [2.45, 2.75) is 58.0 Å². The average Bonchev–Trinajstić information content (AvgIpc) is 2.74. The normalized spacial score (nSPS) is 47.0. The zero-order valence-corrected chi connectivity index (χ0v) is 12.3. The first kappa shape index (κ1) is 12.8. The predicted octanol–water partition coefficient (Wildman–Crippen LogP) is 3.41. The van der Waals surface area contributed by atoms with E-state index in [0.29, 0.717) is 23.5 Å². The molecule has 0 aromatic rings. The molecule has 0 spiro atoms. The van der Waals surface area contributed by atoms with Gasteiger partial charge in [0.2, 0.25) is 0 Å². The summed E-state index contributed by atoms with van der Waals surface area (Å²) in [5, 5.41) is 9.80. The molecule has 0 radical (unpaired) electrons. The maximum absolute atomic E-state index is 12.3. The molecule has 0 aromatic heterocycles. The lowest BCUT2D eigenvalue weighted by Gasteiger charge is -2.49. The fraction of sp³-hybridized carbons (Fsp3) is 0.722. The van der Waals surface area contributed by atoms with E-state index in [2.05, 4.69) is 19.1 Å². The molecule has 4 aliphatic carbocycles. The second kappa shape index (κ2) is 4.30. The van der Waals surface area contributed by atoms with Crippen LogP contribution in [-0.4, -0.2) is 17.0 Å². The van der Waals surface area contributed by atoms with Gasteiger partial charge in [0.25, 0.3) is 0 Å². The van der Waals surface area contributed by atoms with Gasteiger partial charge in [0.15, 0.2) is 0 Å². The van der Waals surface area contributed by atoms with Crippen LogP contribution in [0.3, 0.4) is 0 Å². The summed E-state index contributed by atoms with van der Waals surface area (Å²) in [7, 11) is 0. The summed E-state index contributed by atoms with van der Waals surface area (Å²) in [6, 6.07) is 0. The van der Waals surface area contributed by atoms with Crippen molar-refractivity contribution in [1.29, 1.82) is 0 Å². The largest absolute Gasteiger partial charge is 0.389 e. The zero-order valence-electron chi connectivity index (χ0n) is 12.3. The van der Waals surface area contributed by atoms with Crippen LogP contribution in [0.4, 0.5) is 0 Å². The topological polar surface area (TPSA) is 37.3 Å². The van der Waals surface area contributed by atoms with Crippen molar-refractivity contribution in [3.8, 4) is 0 Å². The predicted molar refractivity (Wildman–Crippen MR) is 78.1 cm³/mol. The van der Waals surface area contributed by atoms with Gasteiger partial charge in [-0.3, -0.25) is 4.79 Å². The van der Waals surface area contributed by atoms with Crippen LogP contribution < -0.4 is 0 Å². The van der Waals surface area contributed by atoms with Crippen LogP contribution in [0.5, 0.6) is 0 Å². The molecule has 2 nitrogen and oxygen atoms in total. The van der Waals surface area contributed by atoms with Gasteiger partial charge in [0, 0.05) is 11.8 Å². The molecular formula is C18H24O2. The molecule has 0 heterocycles. The summed E-state index contributed by atoms with van der Waals surface area (Å²) in [6.07, 6.45) is 11.4. The van der Waals surface area contributed by atoms with E-state index in [0.717, 1.165) is 32.1 Å². The van der Waals surface area contributed by atoms with E-state index < -0.39 is 0 Å². The summed E-state index contributed by atoms with van der Waals surface area (Å²) in [6.45, 7) is 2.23. The van der Waals surface area contributed by atoms with Crippen LogP contribution in [-0.2, 0) is 4.79 Å². The number of allylic oxidation sites excluding steroid dienone is 2. The Balaban J connectivity index is 1.66. The fourth-order valence-corrected chi connectivity index (χ4v) is 5.56. The van der Waals surface area contributed by atoms with Crippen LogP contribution in [0.1, 0.15) is 51.9 Å². The lowest BCUT2D eigenvalue weighted by atomic mass is 9.54. The van der Waals surface area contributed by atoms with E-state index >= 15 is 0 Å². The first-order chi connectivity index (χ1) is 9.59. The van der Waals surface area contributed by atoms with Gasteiger partial charge in [-0.2, -0.15) is 0 Å². The van der Waals surface area contributed by atoms with Gasteiger partial charge in [-0.15, -0.1) is 0 Å². The van der Waals surface area contributed by atoms with Gasteiger partial charge < -0.3 is 5.11 Å². The van der Waals surface area contributed by atoms with Crippen LogP contribution >= 0.6 is 0 Å². The SMILES string of the molecule is CC12CCC3C4=CCC(O)C=C4CCC3C1CCC2=O. The third-order valence-electron chi connectivity index (χ3n) is 6.64. The molecule has 0 aliphatic heterocycles. The number of carbonyl (C=O) groups excluding carboxylic acids is 1. The molecule has 4 rings (SSSR count). The smallest absolute Gasteiger partial charge is 0.139 e. The molecule has 4 aliphatic rings. The van der Waals surface area contributed by atoms with Crippen molar-refractivity contribution < 1.29 is 9.90 Å². The van der Waals surface area contributed by atoms with E-state index in [-0.39, 0.29) is 11.5 Å². The molecule has 5 atom stereocenters. The molecule has 0 aromatic carbocycles. The maximum Gasteiger partial charge on any atom is 0.139 e. The first-order valence-electron chi connectivity index (χ1n) is 8.22. The van der Waals surface area contributed by atoms with E-state index in [1.54, 1.807) is 0 Å². The molecule has 3 fully saturated rings. The second-order valence-corrected chi connectivity index (χ2v) is 7.49. The summed E-state index contributed by atoms with van der Waals surface area (Å²) < 4.78 is 0. The molecule has 2 heteroatoms. The third kappa shape index (κ3) is 1.64. The number of Topliss-reactive ketones (excluding diaryl/α,β-unsaturated/α-hetero) is 1. The highest BCUT2D eigenvalue weighted by Gasteiger charge is 2.55. The lowest BCUT2D eigenvalue weighted by Crippen LogP contribution is -2.44. The van der Waals surface area contributed by atoms with Gasteiger partial charge >= 0.3 is 0 Å². The van der Waals surface area contributed by atoms with Crippen molar-refractivity contribution >= 4 is 5.78 Å². The number of carbonyl (C=O) groups is 1. The van der Waals surface area contributed by atoms with E-state index in [9.17, 15) is 9.90 Å². The van der Waals surface area contributed by atoms with Gasteiger partial charge in [0.05, 0.1) is 6.10 Å². The molecule has 108 valence electrons. The number of rotatable bonds is 0. The Morgan fingerprint density at radius 1 is 1.25 bits per heavy atom. The monoisotopic (exact) mass is 272 g/mol. The summed E-state index contributed by atoms with van der Waals surface area (Å²) >= 11 is 0. The molecule has 0 bridgehead atoms. The Hall–Kier alpha value is -0.890. The zero-order chi connectivity index (χ0) is 13.9. The second-order valence-electron chi connectivity index (χ2n) is 7.49. The molecule has 0 saturated heterocycles. The first-order valence-corrected chi connectivity index (χ1v) is 8.22. The van der Waals surface area contributed by atoms with Crippen molar-refractivity contribution in [2.24, 2.45) is 23.2 Å². The van der Waals surface area contributed by atoms with E-state index in [1.165, 1.54) is 24.0 Å². The number of aliphatic hydroxyl groups excluding tert-OH is 1. The Kier molecular flexibility index (Phi) is 2.76. The van der Waals surface area contributed by atoms with Crippen LogP contribution in [0.2, 0.25) is 0 Å². The number of hydrogen-bond donors (Lipinski definition) is 1. The van der Waals surface area contributed by atoms with Gasteiger partial charge in [-0.1, -0.05) is 19.1 Å². The minimum Gasteiger partial charge on any atom is -0.389 e. The highest BCUT2D eigenvalue weighted by Crippen LogP contribution is 2.59. The Labute approximate surface area is 120 Å². The Morgan fingerprint density at radius 2 is 2.10 bits per heavy atom. The molecule has 20 heavy (non-hydrogen) atoms. The van der Waals surface area contributed by atoms with Crippen LogP contribution in [0, 0.1) is 23.2 Å². The Morgan fingerprint density at radius 3 is 2.95 bits per heavy atom. The van der Waals surface area contributed by atoms with Crippen molar-refractivity contribution in [3.63, 3.8) is 0 Å². The number of fused-ring (bicyclic) bond motifs is 5. The highest BCUT2D eigenvalue weighted by molar-refractivity contribution is 5.87. The molecule has 3 saturated carbocycles. The minimum absolute atomic E-state index is 0.0167. The molecule has 5 unspecified atom stereocenters. The standard InChI is InChI=1S/C18H24O2/c1-18-9-8-14-13-5-3-12(19)10-11(13)2-4-15(14)16(18)6-7-17(18)20/h5,10,12,14-16,19H,2-4,6-9H2,1H3. The Bertz CT molecular complexity index is 516. The minimum atomic E-state index is -0.271. The number of ketones is 1. The van der Waals surface area contributed by atoms with Gasteiger partial charge in [0.1, 0.15) is 5.78 Å². The number of aliphatic hydroxyl groups is 1. The summed E-state index contributed by atoms with van der Waals surface area (Å²) in [5.74, 6) is 2.50.